The van der Waals surface area contributed by atoms with E-state index >= 15 is 4.39 Å². The van der Waals surface area contributed by atoms with Gasteiger partial charge in [-0.3, -0.25) is 10.2 Å². The molecule has 0 bridgehead atoms. The Morgan fingerprint density at radius 1 is 1.23 bits per heavy atom. The normalized spacial score (nSPS) is 21.6. The zero-order valence-corrected chi connectivity index (χ0v) is 22.2. The molecule has 2 aliphatic heterocycles. The number of hydrogen-bond acceptors (Lipinski definition) is 9. The maximum absolute atomic E-state index is 15.5. The van der Waals surface area contributed by atoms with Crippen molar-refractivity contribution >= 4 is 33.5 Å². The van der Waals surface area contributed by atoms with E-state index in [2.05, 4.69) is 25.6 Å². The largest absolute Gasteiger partial charge is 0.479 e. The molecule has 2 unspecified atom stereocenters. The molecule has 0 radical (unpaired) electrons. The standard InChI is InChI=1S/C24H23F3N8O4S/c1-12-19(27)21(39-3)32-23(30-12)35-10-18-24(11-35,33-22(28)34(2)40(18,37)38)15-8-14(5-6-16(15)26)31-20(36)17-7-4-13(25)9-29-17/h4-9,18H,10-11H2,1-3H3,(H2,28,33)(H,31,36). The van der Waals surface area contributed by atoms with Crippen molar-refractivity contribution in [3.8, 4) is 5.88 Å². The number of fused-ring (bicyclic) bond motifs is 1. The minimum atomic E-state index is -4.23. The number of halogens is 3. The van der Waals surface area contributed by atoms with Crippen LogP contribution in [0, 0.1) is 29.8 Å². The van der Waals surface area contributed by atoms with E-state index in [1.807, 2.05) is 0 Å². The van der Waals surface area contributed by atoms with Gasteiger partial charge in [0, 0.05) is 31.4 Å². The van der Waals surface area contributed by atoms with Crippen LogP contribution in [0.2, 0.25) is 0 Å². The van der Waals surface area contributed by atoms with Gasteiger partial charge in [0.2, 0.25) is 27.7 Å². The average Bonchev–Trinajstić information content (AvgIpc) is 3.32. The third kappa shape index (κ3) is 4.33. The topological polar surface area (TPSA) is 154 Å². The Hall–Kier alpha value is -4.47. The van der Waals surface area contributed by atoms with Crippen molar-refractivity contribution in [2.24, 2.45) is 0 Å². The molecule has 0 spiro atoms. The van der Waals surface area contributed by atoms with Crippen molar-refractivity contribution in [1.29, 1.82) is 5.41 Å². The van der Waals surface area contributed by atoms with Crippen LogP contribution >= 0.6 is 0 Å². The summed E-state index contributed by atoms with van der Waals surface area (Å²) >= 11 is 0. The number of carbonyl (C=O) groups is 1. The molecule has 2 saturated heterocycles. The number of nitrogens with zero attached hydrogens (tertiary/aromatic N) is 5. The van der Waals surface area contributed by atoms with E-state index in [4.69, 9.17) is 10.1 Å². The van der Waals surface area contributed by atoms with Crippen LogP contribution in [0.4, 0.5) is 24.8 Å². The second-order valence-electron chi connectivity index (χ2n) is 9.27. The van der Waals surface area contributed by atoms with Crippen molar-refractivity contribution in [2.75, 3.05) is 37.5 Å². The van der Waals surface area contributed by atoms with Crippen LogP contribution in [0.3, 0.4) is 0 Å². The van der Waals surface area contributed by atoms with Crippen molar-refractivity contribution < 1.29 is 31.1 Å². The Kier molecular flexibility index (Phi) is 6.52. The number of anilines is 2. The lowest BCUT2D eigenvalue weighted by atomic mass is 9.87. The maximum atomic E-state index is 15.5. The zero-order valence-electron chi connectivity index (χ0n) is 21.4. The highest BCUT2D eigenvalue weighted by Gasteiger charge is 2.61. The highest BCUT2D eigenvalue weighted by atomic mass is 32.2. The van der Waals surface area contributed by atoms with Gasteiger partial charge < -0.3 is 20.3 Å². The number of carbonyl (C=O) groups excluding carboxylic acids is 1. The van der Waals surface area contributed by atoms with E-state index in [9.17, 15) is 22.0 Å². The van der Waals surface area contributed by atoms with Gasteiger partial charge in [0.1, 0.15) is 28.1 Å². The lowest BCUT2D eigenvalue weighted by molar-refractivity contribution is 0.102. The number of pyridine rings is 1. The molecule has 1 amide bonds. The summed E-state index contributed by atoms with van der Waals surface area (Å²) in [5.41, 5.74) is -1.94. The van der Waals surface area contributed by atoms with E-state index in [0.29, 0.717) is 0 Å². The summed E-state index contributed by atoms with van der Waals surface area (Å²) in [5.74, 6) is -3.84. The molecule has 0 aliphatic carbocycles. The summed E-state index contributed by atoms with van der Waals surface area (Å²) in [5, 5.41) is 12.4. The number of aryl methyl sites for hydroxylation is 1. The molecule has 12 nitrogen and oxygen atoms in total. The summed E-state index contributed by atoms with van der Waals surface area (Å²) in [7, 11) is -1.81. The molecule has 1 aromatic carbocycles. The van der Waals surface area contributed by atoms with Gasteiger partial charge in [-0.05, 0) is 37.3 Å². The molecule has 210 valence electrons. The Bertz CT molecular complexity index is 1640. The van der Waals surface area contributed by atoms with E-state index < -0.39 is 50.1 Å². The van der Waals surface area contributed by atoms with E-state index in [1.54, 1.807) is 0 Å². The summed E-state index contributed by atoms with van der Waals surface area (Å²) < 4.78 is 75.9. The molecule has 3 aromatic rings. The molecule has 40 heavy (non-hydrogen) atoms. The fraction of sp³-hybridized carbons (Fsp3) is 0.292. The van der Waals surface area contributed by atoms with Crippen LogP contribution < -0.4 is 20.3 Å². The number of rotatable bonds is 5. The Labute approximate surface area is 226 Å². The van der Waals surface area contributed by atoms with Crippen LogP contribution in [0.5, 0.6) is 5.88 Å². The van der Waals surface area contributed by atoms with Crippen LogP contribution in [0.25, 0.3) is 0 Å². The number of ether oxygens (including phenoxy) is 1. The third-order valence-corrected chi connectivity index (χ3v) is 9.11. The molecule has 2 aromatic heterocycles. The lowest BCUT2D eigenvalue weighted by Crippen LogP contribution is -2.67. The first-order valence-electron chi connectivity index (χ1n) is 11.8. The fourth-order valence-corrected chi connectivity index (χ4v) is 6.64. The average molecular weight is 577 g/mol. The van der Waals surface area contributed by atoms with Crippen LogP contribution in [-0.2, 0) is 15.6 Å². The number of nitrogens with one attached hydrogen (secondary N) is 3. The first-order chi connectivity index (χ1) is 18.9. The maximum Gasteiger partial charge on any atom is 0.274 e. The summed E-state index contributed by atoms with van der Waals surface area (Å²) in [6, 6.07) is 5.80. The minimum Gasteiger partial charge on any atom is -0.479 e. The number of aromatic nitrogens is 3. The van der Waals surface area contributed by atoms with Gasteiger partial charge in [0.05, 0.1) is 19.0 Å². The summed E-state index contributed by atoms with van der Waals surface area (Å²) in [4.78, 5) is 26.0. The number of methoxy groups -OCH3 is 1. The highest BCUT2D eigenvalue weighted by Crippen LogP contribution is 2.43. The molecule has 4 heterocycles. The van der Waals surface area contributed by atoms with Gasteiger partial charge >= 0.3 is 0 Å². The van der Waals surface area contributed by atoms with E-state index in [1.165, 1.54) is 44.2 Å². The Balaban J connectivity index is 1.59. The van der Waals surface area contributed by atoms with Gasteiger partial charge in [0.25, 0.3) is 11.8 Å². The monoisotopic (exact) mass is 576 g/mol. The molecule has 16 heteroatoms. The number of hydrogen-bond donors (Lipinski definition) is 3. The highest BCUT2D eigenvalue weighted by molar-refractivity contribution is 7.90. The Morgan fingerprint density at radius 3 is 2.65 bits per heavy atom. The van der Waals surface area contributed by atoms with Gasteiger partial charge in [-0.2, -0.15) is 9.37 Å². The van der Waals surface area contributed by atoms with Gasteiger partial charge in [-0.15, -0.1) is 0 Å². The predicted octanol–water partition coefficient (Wildman–Crippen LogP) is 1.74. The summed E-state index contributed by atoms with van der Waals surface area (Å²) in [6.45, 7) is 0.911. The Morgan fingerprint density at radius 2 is 1.98 bits per heavy atom. The number of benzene rings is 1. The number of amides is 1. The van der Waals surface area contributed by atoms with Crippen molar-refractivity contribution in [3.63, 3.8) is 0 Å². The summed E-state index contributed by atoms with van der Waals surface area (Å²) in [6.07, 6.45) is 0.870. The van der Waals surface area contributed by atoms with Crippen molar-refractivity contribution in [1.82, 2.24) is 24.6 Å². The zero-order chi connectivity index (χ0) is 29.0. The number of sulfonamides is 1. The molecule has 3 N–H and O–H groups in total. The van der Waals surface area contributed by atoms with Crippen LogP contribution in [0.1, 0.15) is 21.7 Å². The first kappa shape index (κ1) is 27.1. The predicted molar refractivity (Wildman–Crippen MR) is 137 cm³/mol. The van der Waals surface area contributed by atoms with Gasteiger partial charge in [-0.1, -0.05) is 0 Å². The molecule has 2 fully saturated rings. The molecule has 5 rings (SSSR count). The molecule has 0 saturated carbocycles. The second kappa shape index (κ2) is 9.62. The fourth-order valence-electron chi connectivity index (χ4n) is 4.82. The number of guanidine groups is 1. The minimum absolute atomic E-state index is 0.0447. The lowest BCUT2D eigenvalue weighted by Gasteiger charge is -2.43. The van der Waals surface area contributed by atoms with E-state index in [0.717, 1.165) is 22.6 Å². The van der Waals surface area contributed by atoms with Crippen molar-refractivity contribution in [2.45, 2.75) is 17.7 Å². The van der Waals surface area contributed by atoms with E-state index in [-0.39, 0.29) is 47.6 Å². The van der Waals surface area contributed by atoms with Crippen molar-refractivity contribution in [3.05, 3.63) is 70.9 Å². The third-order valence-electron chi connectivity index (χ3n) is 6.89. The first-order valence-corrected chi connectivity index (χ1v) is 13.3. The van der Waals surface area contributed by atoms with Crippen LogP contribution in [-0.4, -0.2) is 72.0 Å². The molecule has 2 atom stereocenters. The van der Waals surface area contributed by atoms with Crippen LogP contribution in [0.15, 0.2) is 36.5 Å². The van der Waals surface area contributed by atoms with Gasteiger partial charge in [-0.25, -0.2) is 31.5 Å². The molecular weight excluding hydrogens is 553 g/mol. The molecule has 2 aliphatic rings. The SMILES string of the molecule is COc1nc(N2CC3C(c4cc(NC(=O)c5ccc(F)cn5)ccc4F)(C2)NC(=N)N(C)S3(=O)=O)nc(C)c1F. The quantitative estimate of drug-likeness (QED) is 0.412. The molecular formula is C24H23F3N8O4S. The van der Waals surface area contributed by atoms with Gasteiger partial charge in [0.15, 0.2) is 0 Å². The second-order valence-corrected chi connectivity index (χ2v) is 11.4. The smallest absolute Gasteiger partial charge is 0.274 e.